The summed E-state index contributed by atoms with van der Waals surface area (Å²) < 4.78 is 5.22. The first-order chi connectivity index (χ1) is 9.82. The lowest BCUT2D eigenvalue weighted by molar-refractivity contribution is -0.147. The number of carboxylic acids is 1. The Balaban J connectivity index is 2.79. The van der Waals surface area contributed by atoms with E-state index in [1.165, 1.54) is 6.92 Å². The molecule has 0 saturated heterocycles. The Kier molecular flexibility index (Phi) is 5.76. The molecule has 21 heavy (non-hydrogen) atoms. The molecular weight excluding hydrogens is 270 g/mol. The van der Waals surface area contributed by atoms with Crippen molar-refractivity contribution < 1.29 is 19.4 Å². The van der Waals surface area contributed by atoms with Crippen LogP contribution in [0, 0.1) is 6.92 Å². The smallest absolute Gasteiger partial charge is 0.329 e. The number of methoxy groups -OCH3 is 1. The molecule has 5 nitrogen and oxygen atoms in total. The van der Waals surface area contributed by atoms with Crippen LogP contribution in [0.4, 0.5) is 0 Å². The van der Waals surface area contributed by atoms with E-state index in [-0.39, 0.29) is 12.3 Å². The Morgan fingerprint density at radius 1 is 1.38 bits per heavy atom. The average Bonchev–Trinajstić information content (AvgIpc) is 2.40. The molecule has 1 atom stereocenters. The van der Waals surface area contributed by atoms with Gasteiger partial charge in [0.25, 0.3) is 0 Å². The Morgan fingerprint density at radius 2 is 2.05 bits per heavy atom. The summed E-state index contributed by atoms with van der Waals surface area (Å²) in [5.74, 6) is -0.603. The summed E-state index contributed by atoms with van der Waals surface area (Å²) in [5, 5.41) is 11.9. The van der Waals surface area contributed by atoms with Crippen molar-refractivity contribution in [2.45, 2.75) is 45.6 Å². The number of hydrogen-bond donors (Lipinski definition) is 2. The third-order valence-electron chi connectivity index (χ3n) is 3.47. The van der Waals surface area contributed by atoms with E-state index < -0.39 is 11.5 Å². The van der Waals surface area contributed by atoms with Gasteiger partial charge in [-0.25, -0.2) is 4.79 Å². The van der Waals surface area contributed by atoms with Crippen LogP contribution in [-0.4, -0.2) is 29.6 Å². The molecule has 0 spiro atoms. The number of carbonyl (C=O) groups excluding carboxylic acids is 1. The summed E-state index contributed by atoms with van der Waals surface area (Å²) in [5.41, 5.74) is 0.558. The number of aliphatic carboxylic acids is 1. The van der Waals surface area contributed by atoms with Gasteiger partial charge in [0.05, 0.1) is 13.5 Å². The lowest BCUT2D eigenvalue weighted by atomic mass is 9.95. The van der Waals surface area contributed by atoms with Crippen molar-refractivity contribution in [3.8, 4) is 5.75 Å². The Labute approximate surface area is 125 Å². The molecule has 2 N–H and O–H groups in total. The fraction of sp³-hybridized carbons (Fsp3) is 0.500. The number of rotatable bonds is 7. The lowest BCUT2D eigenvalue weighted by Crippen LogP contribution is -2.52. The first-order valence-corrected chi connectivity index (χ1v) is 7.00. The molecule has 0 fully saturated rings. The zero-order valence-electron chi connectivity index (χ0n) is 13.0. The number of carbonyl (C=O) groups is 2. The molecule has 0 aromatic heterocycles. The topological polar surface area (TPSA) is 75.6 Å². The highest BCUT2D eigenvalue weighted by atomic mass is 16.5. The molecule has 1 aromatic rings. The molecule has 0 aliphatic rings. The van der Waals surface area contributed by atoms with Crippen LogP contribution in [-0.2, 0) is 16.0 Å². The van der Waals surface area contributed by atoms with Gasteiger partial charge in [0.15, 0.2) is 0 Å². The van der Waals surface area contributed by atoms with Crippen LogP contribution < -0.4 is 10.1 Å². The molecule has 0 bridgehead atoms. The van der Waals surface area contributed by atoms with Crippen LogP contribution in [0.25, 0.3) is 0 Å². The van der Waals surface area contributed by atoms with Gasteiger partial charge in [0.1, 0.15) is 11.3 Å². The van der Waals surface area contributed by atoms with E-state index in [2.05, 4.69) is 5.32 Å². The number of ether oxygens (including phenoxy) is 1. The summed E-state index contributed by atoms with van der Waals surface area (Å²) in [7, 11) is 1.58. The van der Waals surface area contributed by atoms with E-state index in [1.807, 2.05) is 26.0 Å². The second-order valence-corrected chi connectivity index (χ2v) is 5.42. The van der Waals surface area contributed by atoms with E-state index in [0.717, 1.165) is 16.9 Å². The van der Waals surface area contributed by atoms with E-state index in [0.29, 0.717) is 12.8 Å². The molecular formula is C16H23NO4. The third kappa shape index (κ3) is 4.48. The Morgan fingerprint density at radius 3 is 2.57 bits per heavy atom. The minimum Gasteiger partial charge on any atom is -0.496 e. The van der Waals surface area contributed by atoms with Gasteiger partial charge in [-0.15, -0.1) is 0 Å². The second-order valence-electron chi connectivity index (χ2n) is 5.42. The second kappa shape index (κ2) is 7.11. The highest BCUT2D eigenvalue weighted by Crippen LogP contribution is 2.20. The third-order valence-corrected chi connectivity index (χ3v) is 3.47. The molecule has 0 radical (unpaired) electrons. The van der Waals surface area contributed by atoms with Crippen molar-refractivity contribution in [1.29, 1.82) is 0 Å². The van der Waals surface area contributed by atoms with Crippen LogP contribution in [0.1, 0.15) is 37.8 Å². The quantitative estimate of drug-likeness (QED) is 0.809. The van der Waals surface area contributed by atoms with Crippen molar-refractivity contribution in [1.82, 2.24) is 5.32 Å². The highest BCUT2D eigenvalue weighted by Gasteiger charge is 2.33. The maximum atomic E-state index is 12.1. The van der Waals surface area contributed by atoms with Gasteiger partial charge in [0.2, 0.25) is 5.91 Å². The molecule has 0 saturated carbocycles. The predicted molar refractivity (Wildman–Crippen MR) is 80.5 cm³/mol. The summed E-state index contributed by atoms with van der Waals surface area (Å²) in [6.07, 6.45) is 1.20. The van der Waals surface area contributed by atoms with Crippen LogP contribution in [0.2, 0.25) is 0 Å². The van der Waals surface area contributed by atoms with Crippen LogP contribution >= 0.6 is 0 Å². The lowest BCUT2D eigenvalue weighted by Gasteiger charge is -2.25. The molecule has 1 aromatic carbocycles. The number of carboxylic acid groups (broad SMARTS) is 1. The number of nitrogens with one attached hydrogen (secondary N) is 1. The van der Waals surface area contributed by atoms with Crippen molar-refractivity contribution in [3.63, 3.8) is 0 Å². The van der Waals surface area contributed by atoms with Gasteiger partial charge >= 0.3 is 5.97 Å². The first-order valence-electron chi connectivity index (χ1n) is 7.00. The van der Waals surface area contributed by atoms with Gasteiger partial charge in [-0.2, -0.15) is 0 Å². The highest BCUT2D eigenvalue weighted by molar-refractivity contribution is 5.87. The Bertz CT molecular complexity index is 527. The normalized spacial score (nSPS) is 13.3. The summed E-state index contributed by atoms with van der Waals surface area (Å²) in [6, 6.07) is 5.52. The first kappa shape index (κ1) is 17.0. The zero-order chi connectivity index (χ0) is 16.0. The summed E-state index contributed by atoms with van der Waals surface area (Å²) in [6.45, 7) is 5.34. The van der Waals surface area contributed by atoms with Crippen LogP contribution in [0.15, 0.2) is 18.2 Å². The molecule has 1 unspecified atom stereocenters. The Hall–Kier alpha value is -2.04. The minimum absolute atomic E-state index is 0.128. The average molecular weight is 293 g/mol. The fourth-order valence-electron chi connectivity index (χ4n) is 2.23. The van der Waals surface area contributed by atoms with Gasteiger partial charge < -0.3 is 15.2 Å². The van der Waals surface area contributed by atoms with E-state index in [4.69, 9.17) is 4.74 Å². The standard InChI is InChI=1S/C16H23NO4/c1-5-8-16(3,15(19)20)17-14(18)10-12-7-6-11(2)13(9-12)21-4/h6-7,9H,5,8,10H2,1-4H3,(H,17,18)(H,19,20). The van der Waals surface area contributed by atoms with Crippen molar-refractivity contribution in [3.05, 3.63) is 29.3 Å². The fourth-order valence-corrected chi connectivity index (χ4v) is 2.23. The molecule has 116 valence electrons. The van der Waals surface area contributed by atoms with Crippen LogP contribution in [0.3, 0.4) is 0 Å². The van der Waals surface area contributed by atoms with Crippen molar-refractivity contribution >= 4 is 11.9 Å². The molecule has 5 heteroatoms. The van der Waals surface area contributed by atoms with Gasteiger partial charge in [-0.1, -0.05) is 25.5 Å². The van der Waals surface area contributed by atoms with E-state index >= 15 is 0 Å². The molecule has 1 amide bonds. The maximum Gasteiger partial charge on any atom is 0.329 e. The largest absolute Gasteiger partial charge is 0.496 e. The van der Waals surface area contributed by atoms with E-state index in [9.17, 15) is 14.7 Å². The number of hydrogen-bond acceptors (Lipinski definition) is 3. The minimum atomic E-state index is -1.22. The summed E-state index contributed by atoms with van der Waals surface area (Å²) in [4.78, 5) is 23.4. The maximum absolute atomic E-state index is 12.1. The number of benzene rings is 1. The predicted octanol–water partition coefficient (Wildman–Crippen LogP) is 2.31. The van der Waals surface area contributed by atoms with Gasteiger partial charge in [0, 0.05) is 0 Å². The van der Waals surface area contributed by atoms with Gasteiger partial charge in [-0.05, 0) is 37.5 Å². The number of aryl methyl sites for hydroxylation is 1. The van der Waals surface area contributed by atoms with Crippen molar-refractivity contribution in [2.24, 2.45) is 0 Å². The van der Waals surface area contributed by atoms with Gasteiger partial charge in [-0.3, -0.25) is 4.79 Å². The van der Waals surface area contributed by atoms with E-state index in [1.54, 1.807) is 13.2 Å². The number of amides is 1. The molecule has 1 rings (SSSR count). The molecule has 0 aliphatic heterocycles. The molecule has 0 aliphatic carbocycles. The summed E-state index contributed by atoms with van der Waals surface area (Å²) >= 11 is 0. The monoisotopic (exact) mass is 293 g/mol. The van der Waals surface area contributed by atoms with Crippen LogP contribution in [0.5, 0.6) is 5.75 Å². The van der Waals surface area contributed by atoms with Crippen molar-refractivity contribution in [2.75, 3.05) is 7.11 Å². The SMILES string of the molecule is CCCC(C)(NC(=O)Cc1ccc(C)c(OC)c1)C(=O)O. The molecule has 0 heterocycles. The zero-order valence-corrected chi connectivity index (χ0v) is 13.0.